The Morgan fingerprint density at radius 3 is 2.35 bits per heavy atom. The fourth-order valence-electron chi connectivity index (χ4n) is 2.03. The standard InChI is InChI=1S/C17H30N4O3S.HI/c1-14(2)9-10-19-17(18-3)20-13-15-5-7-16(8-6-15)25(22,23)21-11-12-24-4;/h5-8,14,21H,9-13H2,1-4H3,(H2,18,19,20);1H. The average molecular weight is 498 g/mol. The van der Waals surface area contributed by atoms with E-state index < -0.39 is 10.0 Å². The zero-order valence-corrected chi connectivity index (χ0v) is 19.1. The van der Waals surface area contributed by atoms with E-state index in [0.29, 0.717) is 19.1 Å². The molecule has 7 nitrogen and oxygen atoms in total. The summed E-state index contributed by atoms with van der Waals surface area (Å²) in [6.07, 6.45) is 1.07. The number of aliphatic imine (C=N–C) groups is 1. The highest BCUT2D eigenvalue weighted by Crippen LogP contribution is 2.10. The second-order valence-electron chi connectivity index (χ2n) is 6.07. The molecule has 0 aliphatic heterocycles. The Morgan fingerprint density at radius 1 is 1.15 bits per heavy atom. The van der Waals surface area contributed by atoms with Gasteiger partial charge in [0.05, 0.1) is 11.5 Å². The van der Waals surface area contributed by atoms with E-state index in [2.05, 4.69) is 34.2 Å². The first-order valence-electron chi connectivity index (χ1n) is 8.41. The number of sulfonamides is 1. The first-order valence-corrected chi connectivity index (χ1v) is 9.89. The fraction of sp³-hybridized carbons (Fsp3) is 0.588. The van der Waals surface area contributed by atoms with Gasteiger partial charge in [-0.25, -0.2) is 13.1 Å². The Hall–Kier alpha value is -0.910. The summed E-state index contributed by atoms with van der Waals surface area (Å²) >= 11 is 0. The second-order valence-corrected chi connectivity index (χ2v) is 7.84. The van der Waals surface area contributed by atoms with Crippen LogP contribution < -0.4 is 15.4 Å². The van der Waals surface area contributed by atoms with Gasteiger partial charge in [0.2, 0.25) is 10.0 Å². The molecule has 0 fully saturated rings. The Bertz CT molecular complexity index is 634. The first-order chi connectivity index (χ1) is 11.9. The van der Waals surface area contributed by atoms with Crippen LogP contribution in [0.1, 0.15) is 25.8 Å². The van der Waals surface area contributed by atoms with Gasteiger partial charge in [-0.2, -0.15) is 0 Å². The van der Waals surface area contributed by atoms with Crippen LogP contribution in [0.3, 0.4) is 0 Å². The van der Waals surface area contributed by atoms with E-state index in [1.165, 1.54) is 7.11 Å². The highest BCUT2D eigenvalue weighted by atomic mass is 127. The number of methoxy groups -OCH3 is 1. The van der Waals surface area contributed by atoms with Gasteiger partial charge in [-0.1, -0.05) is 26.0 Å². The van der Waals surface area contributed by atoms with Gasteiger partial charge in [0.1, 0.15) is 0 Å². The Morgan fingerprint density at radius 2 is 1.81 bits per heavy atom. The first kappa shape index (κ1) is 25.1. The highest BCUT2D eigenvalue weighted by molar-refractivity contribution is 14.0. The number of nitrogens with one attached hydrogen (secondary N) is 3. The molecule has 1 aromatic rings. The molecule has 150 valence electrons. The zero-order chi connectivity index (χ0) is 18.7. The lowest BCUT2D eigenvalue weighted by Crippen LogP contribution is -2.37. The zero-order valence-electron chi connectivity index (χ0n) is 15.9. The van der Waals surface area contributed by atoms with Crippen LogP contribution in [-0.4, -0.2) is 48.2 Å². The van der Waals surface area contributed by atoms with E-state index in [1.807, 2.05) is 0 Å². The Kier molecular flexibility index (Phi) is 12.8. The van der Waals surface area contributed by atoms with Crippen molar-refractivity contribution in [2.45, 2.75) is 31.7 Å². The molecule has 0 saturated carbocycles. The van der Waals surface area contributed by atoms with E-state index in [9.17, 15) is 8.42 Å². The number of halogens is 1. The smallest absolute Gasteiger partial charge is 0.240 e. The third kappa shape index (κ3) is 9.70. The molecule has 0 saturated heterocycles. The molecule has 0 spiro atoms. The molecular formula is C17H31IN4O3S. The summed E-state index contributed by atoms with van der Waals surface area (Å²) in [7, 11) is -0.234. The number of rotatable bonds is 10. The quantitative estimate of drug-likeness (QED) is 0.199. The van der Waals surface area contributed by atoms with Gasteiger partial charge in [0.25, 0.3) is 0 Å². The Balaban J connectivity index is 0.00000625. The number of nitrogens with zero attached hydrogens (tertiary/aromatic N) is 1. The highest BCUT2D eigenvalue weighted by Gasteiger charge is 2.12. The number of hydrogen-bond acceptors (Lipinski definition) is 4. The molecule has 0 unspecified atom stereocenters. The topological polar surface area (TPSA) is 91.8 Å². The van der Waals surface area contributed by atoms with Gasteiger partial charge in [-0.3, -0.25) is 4.99 Å². The minimum absolute atomic E-state index is 0. The molecule has 9 heteroatoms. The molecule has 0 amide bonds. The van der Waals surface area contributed by atoms with Crippen LogP contribution in [0.15, 0.2) is 34.2 Å². The summed E-state index contributed by atoms with van der Waals surface area (Å²) in [6.45, 7) is 6.38. The molecule has 0 bridgehead atoms. The van der Waals surface area contributed by atoms with Crippen molar-refractivity contribution in [2.24, 2.45) is 10.9 Å². The van der Waals surface area contributed by atoms with Crippen molar-refractivity contribution in [2.75, 3.05) is 33.9 Å². The van der Waals surface area contributed by atoms with Crippen LogP contribution in [0.2, 0.25) is 0 Å². The maximum atomic E-state index is 12.1. The number of benzene rings is 1. The molecule has 0 heterocycles. The van der Waals surface area contributed by atoms with Crippen LogP contribution in [0, 0.1) is 5.92 Å². The summed E-state index contributed by atoms with van der Waals surface area (Å²) in [5, 5.41) is 6.47. The molecule has 0 aliphatic rings. The van der Waals surface area contributed by atoms with Gasteiger partial charge >= 0.3 is 0 Å². The van der Waals surface area contributed by atoms with Crippen LogP contribution in [-0.2, 0) is 21.3 Å². The van der Waals surface area contributed by atoms with Crippen molar-refractivity contribution >= 4 is 40.0 Å². The van der Waals surface area contributed by atoms with Crippen LogP contribution in [0.5, 0.6) is 0 Å². The monoisotopic (exact) mass is 498 g/mol. The summed E-state index contributed by atoms with van der Waals surface area (Å²) in [6, 6.07) is 6.78. The molecule has 0 aromatic heterocycles. The van der Waals surface area contributed by atoms with Gasteiger partial charge in [-0.15, -0.1) is 24.0 Å². The molecule has 0 atom stereocenters. The largest absolute Gasteiger partial charge is 0.383 e. The minimum atomic E-state index is -3.49. The van der Waals surface area contributed by atoms with Crippen molar-refractivity contribution < 1.29 is 13.2 Å². The van der Waals surface area contributed by atoms with Crippen LogP contribution in [0.4, 0.5) is 0 Å². The third-order valence-electron chi connectivity index (χ3n) is 3.53. The summed E-state index contributed by atoms with van der Waals surface area (Å²) < 4.78 is 31.5. The van der Waals surface area contributed by atoms with E-state index in [1.54, 1.807) is 31.3 Å². The Labute approximate surface area is 174 Å². The third-order valence-corrected chi connectivity index (χ3v) is 5.01. The van der Waals surface area contributed by atoms with Crippen molar-refractivity contribution in [3.63, 3.8) is 0 Å². The molecule has 0 radical (unpaired) electrons. The lowest BCUT2D eigenvalue weighted by atomic mass is 10.1. The summed E-state index contributed by atoms with van der Waals surface area (Å²) in [5.41, 5.74) is 0.975. The van der Waals surface area contributed by atoms with Gasteiger partial charge in [-0.05, 0) is 30.0 Å². The van der Waals surface area contributed by atoms with Gasteiger partial charge < -0.3 is 15.4 Å². The lowest BCUT2D eigenvalue weighted by molar-refractivity contribution is 0.204. The number of hydrogen-bond donors (Lipinski definition) is 3. The SMILES string of the molecule is CN=C(NCCC(C)C)NCc1ccc(S(=O)(=O)NCCOC)cc1.I. The van der Waals surface area contributed by atoms with Gasteiger partial charge in [0, 0.05) is 33.8 Å². The predicted molar refractivity (Wildman–Crippen MR) is 117 cm³/mol. The van der Waals surface area contributed by atoms with Crippen molar-refractivity contribution in [3.05, 3.63) is 29.8 Å². The molecule has 1 rings (SSSR count). The van der Waals surface area contributed by atoms with Crippen LogP contribution in [0.25, 0.3) is 0 Å². The lowest BCUT2D eigenvalue weighted by Gasteiger charge is -2.13. The number of guanidine groups is 1. The molecule has 3 N–H and O–H groups in total. The van der Waals surface area contributed by atoms with Crippen molar-refractivity contribution in [3.8, 4) is 0 Å². The average Bonchev–Trinajstić information content (AvgIpc) is 2.58. The maximum absolute atomic E-state index is 12.1. The van der Waals surface area contributed by atoms with E-state index in [-0.39, 0.29) is 35.4 Å². The molecule has 26 heavy (non-hydrogen) atoms. The van der Waals surface area contributed by atoms with E-state index in [4.69, 9.17) is 4.74 Å². The number of ether oxygens (including phenoxy) is 1. The van der Waals surface area contributed by atoms with Crippen molar-refractivity contribution in [1.82, 2.24) is 15.4 Å². The summed E-state index contributed by atoms with van der Waals surface area (Å²) in [4.78, 5) is 4.42. The van der Waals surface area contributed by atoms with Crippen LogP contribution >= 0.6 is 24.0 Å². The summed E-state index contributed by atoms with van der Waals surface area (Å²) in [5.74, 6) is 1.37. The molecule has 0 aliphatic carbocycles. The maximum Gasteiger partial charge on any atom is 0.240 e. The second kappa shape index (κ2) is 13.3. The molecular weight excluding hydrogens is 467 g/mol. The fourth-order valence-corrected chi connectivity index (χ4v) is 3.05. The predicted octanol–water partition coefficient (Wildman–Crippen LogP) is 1.94. The normalized spacial score (nSPS) is 12.0. The van der Waals surface area contributed by atoms with E-state index >= 15 is 0 Å². The molecule has 1 aromatic carbocycles. The van der Waals surface area contributed by atoms with Gasteiger partial charge in [0.15, 0.2) is 5.96 Å². The van der Waals surface area contributed by atoms with E-state index in [0.717, 1.165) is 24.5 Å². The van der Waals surface area contributed by atoms with Crippen molar-refractivity contribution in [1.29, 1.82) is 0 Å². The minimum Gasteiger partial charge on any atom is -0.383 e.